The van der Waals surface area contributed by atoms with Crippen LogP contribution >= 0.6 is 11.6 Å². The molecule has 12 heavy (non-hydrogen) atoms. The summed E-state index contributed by atoms with van der Waals surface area (Å²) >= 11 is 5.67. The summed E-state index contributed by atoms with van der Waals surface area (Å²) in [6.07, 6.45) is 6.22. The topological polar surface area (TPSA) is 17.8 Å². The first-order chi connectivity index (χ1) is 5.77. The summed E-state index contributed by atoms with van der Waals surface area (Å²) in [5.74, 6) is 0.554. The number of hydrogen-bond donors (Lipinski definition) is 0. The number of rotatable bonds is 4. The average molecular weight is 187 g/mol. The van der Waals surface area contributed by atoms with E-state index in [0.717, 1.165) is 5.56 Å². The Labute approximate surface area is 78.5 Å². The first kappa shape index (κ1) is 9.59. The molecular weight excluding hydrogens is 172 g/mol. The van der Waals surface area contributed by atoms with E-state index in [1.54, 1.807) is 0 Å². The molecule has 0 spiro atoms. The molecule has 0 amide bonds. The molecule has 1 aromatic heterocycles. The van der Waals surface area contributed by atoms with Gasteiger partial charge < -0.3 is 0 Å². The van der Waals surface area contributed by atoms with Gasteiger partial charge in [0.2, 0.25) is 0 Å². The van der Waals surface area contributed by atoms with Crippen molar-refractivity contribution in [1.82, 2.24) is 9.78 Å². The molecule has 1 rings (SSSR count). The fourth-order valence-corrected chi connectivity index (χ4v) is 1.38. The molecule has 68 valence electrons. The van der Waals surface area contributed by atoms with E-state index in [1.165, 1.54) is 12.8 Å². The van der Waals surface area contributed by atoms with Crippen LogP contribution in [0.3, 0.4) is 0 Å². The molecule has 1 heterocycles. The Morgan fingerprint density at radius 3 is 2.92 bits per heavy atom. The second kappa shape index (κ2) is 4.51. The molecule has 0 bridgehead atoms. The van der Waals surface area contributed by atoms with E-state index in [9.17, 15) is 0 Å². The van der Waals surface area contributed by atoms with Crippen LogP contribution in [0.4, 0.5) is 0 Å². The van der Waals surface area contributed by atoms with E-state index in [4.69, 9.17) is 11.6 Å². The van der Waals surface area contributed by atoms with Crippen molar-refractivity contribution >= 4 is 11.6 Å². The SMILES string of the molecule is CCCC(C)n1cc(CCl)cn1. The summed E-state index contributed by atoms with van der Waals surface area (Å²) in [5, 5.41) is 4.24. The number of aromatic nitrogens is 2. The normalized spacial score (nSPS) is 13.2. The summed E-state index contributed by atoms with van der Waals surface area (Å²) < 4.78 is 1.99. The van der Waals surface area contributed by atoms with Crippen molar-refractivity contribution in [3.05, 3.63) is 18.0 Å². The van der Waals surface area contributed by atoms with Crippen molar-refractivity contribution in [2.75, 3.05) is 0 Å². The Morgan fingerprint density at radius 2 is 2.42 bits per heavy atom. The minimum atomic E-state index is 0.493. The zero-order chi connectivity index (χ0) is 8.97. The van der Waals surface area contributed by atoms with Crippen LogP contribution in [0.1, 0.15) is 38.3 Å². The summed E-state index contributed by atoms with van der Waals surface area (Å²) in [5.41, 5.74) is 1.10. The molecule has 2 nitrogen and oxygen atoms in total. The first-order valence-corrected chi connectivity index (χ1v) is 4.90. The van der Waals surface area contributed by atoms with E-state index in [2.05, 4.69) is 18.9 Å². The van der Waals surface area contributed by atoms with E-state index in [0.29, 0.717) is 11.9 Å². The second-order valence-corrected chi connectivity index (χ2v) is 3.37. The summed E-state index contributed by atoms with van der Waals surface area (Å²) in [6, 6.07) is 0.493. The van der Waals surface area contributed by atoms with Crippen LogP contribution in [0.15, 0.2) is 12.4 Å². The van der Waals surface area contributed by atoms with E-state index < -0.39 is 0 Å². The highest BCUT2D eigenvalue weighted by Crippen LogP contribution is 2.13. The van der Waals surface area contributed by atoms with Gasteiger partial charge in [0.25, 0.3) is 0 Å². The minimum Gasteiger partial charge on any atom is -0.270 e. The van der Waals surface area contributed by atoms with Crippen LogP contribution in [0, 0.1) is 0 Å². The highest BCUT2D eigenvalue weighted by molar-refractivity contribution is 6.17. The third kappa shape index (κ3) is 2.24. The lowest BCUT2D eigenvalue weighted by Gasteiger charge is -2.09. The predicted molar refractivity (Wildman–Crippen MR) is 51.4 cm³/mol. The van der Waals surface area contributed by atoms with Crippen molar-refractivity contribution < 1.29 is 0 Å². The quantitative estimate of drug-likeness (QED) is 0.662. The van der Waals surface area contributed by atoms with Gasteiger partial charge in [0, 0.05) is 17.8 Å². The predicted octanol–water partition coefficient (Wildman–Crippen LogP) is 2.98. The van der Waals surface area contributed by atoms with Crippen LogP contribution < -0.4 is 0 Å². The first-order valence-electron chi connectivity index (χ1n) is 4.37. The lowest BCUT2D eigenvalue weighted by molar-refractivity contribution is 0.454. The Kier molecular flexibility index (Phi) is 3.60. The molecule has 0 saturated heterocycles. The molecule has 0 aliphatic carbocycles. The molecule has 0 fully saturated rings. The fraction of sp³-hybridized carbons (Fsp3) is 0.667. The summed E-state index contributed by atoms with van der Waals surface area (Å²) in [6.45, 7) is 4.36. The zero-order valence-corrected chi connectivity index (χ0v) is 8.38. The highest BCUT2D eigenvalue weighted by Gasteiger charge is 2.04. The van der Waals surface area contributed by atoms with Gasteiger partial charge in [0.05, 0.1) is 12.1 Å². The van der Waals surface area contributed by atoms with Crippen LogP contribution in [-0.4, -0.2) is 9.78 Å². The van der Waals surface area contributed by atoms with Gasteiger partial charge in [-0.05, 0) is 13.3 Å². The van der Waals surface area contributed by atoms with E-state index in [1.807, 2.05) is 17.1 Å². The Balaban J connectivity index is 2.61. The Hall–Kier alpha value is -0.500. The zero-order valence-electron chi connectivity index (χ0n) is 7.63. The van der Waals surface area contributed by atoms with Gasteiger partial charge in [-0.2, -0.15) is 5.10 Å². The van der Waals surface area contributed by atoms with Crippen molar-refractivity contribution in [2.45, 2.75) is 38.6 Å². The number of halogens is 1. The number of hydrogen-bond acceptors (Lipinski definition) is 1. The number of nitrogens with zero attached hydrogens (tertiary/aromatic N) is 2. The maximum absolute atomic E-state index is 5.67. The Morgan fingerprint density at radius 1 is 1.67 bits per heavy atom. The van der Waals surface area contributed by atoms with Gasteiger partial charge >= 0.3 is 0 Å². The number of alkyl halides is 1. The molecular formula is C9H15ClN2. The molecule has 1 atom stereocenters. The van der Waals surface area contributed by atoms with Gasteiger partial charge in [0.15, 0.2) is 0 Å². The standard InChI is InChI=1S/C9H15ClN2/c1-3-4-8(2)12-7-9(5-10)6-11-12/h6-8H,3-5H2,1-2H3. The van der Waals surface area contributed by atoms with Crippen molar-refractivity contribution in [3.8, 4) is 0 Å². The highest BCUT2D eigenvalue weighted by atomic mass is 35.5. The molecule has 0 saturated carbocycles. The van der Waals surface area contributed by atoms with Gasteiger partial charge in [0.1, 0.15) is 0 Å². The molecule has 3 heteroatoms. The van der Waals surface area contributed by atoms with Crippen molar-refractivity contribution in [2.24, 2.45) is 0 Å². The Bertz CT molecular complexity index is 232. The van der Waals surface area contributed by atoms with Crippen LogP contribution in [0.5, 0.6) is 0 Å². The maximum atomic E-state index is 5.67. The van der Waals surface area contributed by atoms with Gasteiger partial charge in [-0.3, -0.25) is 4.68 Å². The third-order valence-electron chi connectivity index (χ3n) is 1.97. The molecule has 1 unspecified atom stereocenters. The maximum Gasteiger partial charge on any atom is 0.0534 e. The second-order valence-electron chi connectivity index (χ2n) is 3.10. The molecule has 0 radical (unpaired) electrons. The summed E-state index contributed by atoms with van der Waals surface area (Å²) in [4.78, 5) is 0. The van der Waals surface area contributed by atoms with Gasteiger partial charge in [-0.25, -0.2) is 0 Å². The van der Waals surface area contributed by atoms with E-state index in [-0.39, 0.29) is 0 Å². The molecule has 0 N–H and O–H groups in total. The van der Waals surface area contributed by atoms with Crippen molar-refractivity contribution in [3.63, 3.8) is 0 Å². The van der Waals surface area contributed by atoms with Crippen molar-refractivity contribution in [1.29, 1.82) is 0 Å². The monoisotopic (exact) mass is 186 g/mol. The lowest BCUT2D eigenvalue weighted by Crippen LogP contribution is -2.04. The third-order valence-corrected chi connectivity index (χ3v) is 2.28. The molecule has 0 aromatic carbocycles. The average Bonchev–Trinajstić information content (AvgIpc) is 2.52. The largest absolute Gasteiger partial charge is 0.270 e. The molecule has 1 aromatic rings. The molecule has 0 aliphatic heterocycles. The van der Waals surface area contributed by atoms with Crippen LogP contribution in [0.2, 0.25) is 0 Å². The van der Waals surface area contributed by atoms with Crippen LogP contribution in [0.25, 0.3) is 0 Å². The smallest absolute Gasteiger partial charge is 0.0534 e. The van der Waals surface area contributed by atoms with Gasteiger partial charge in [-0.1, -0.05) is 13.3 Å². The summed E-state index contributed by atoms with van der Waals surface area (Å²) in [7, 11) is 0. The molecule has 0 aliphatic rings. The van der Waals surface area contributed by atoms with E-state index >= 15 is 0 Å². The van der Waals surface area contributed by atoms with Crippen LogP contribution in [-0.2, 0) is 5.88 Å². The lowest BCUT2D eigenvalue weighted by atomic mass is 10.2. The van der Waals surface area contributed by atoms with Gasteiger partial charge in [-0.15, -0.1) is 11.6 Å². The fourth-order valence-electron chi connectivity index (χ4n) is 1.24. The minimum absolute atomic E-state index is 0.493.